The molecule has 0 amide bonds. The van der Waals surface area contributed by atoms with E-state index in [1.165, 1.54) is 7.11 Å². The van der Waals surface area contributed by atoms with E-state index in [1.54, 1.807) is 19.1 Å². The van der Waals surface area contributed by atoms with Gasteiger partial charge in [0, 0.05) is 0 Å². The topological polar surface area (TPSA) is 72.5 Å². The molecule has 0 aliphatic heterocycles. The Kier molecular flexibility index (Phi) is 3.90. The summed E-state index contributed by atoms with van der Waals surface area (Å²) in [5, 5.41) is 9.92. The van der Waals surface area contributed by atoms with Gasteiger partial charge in [-0.3, -0.25) is 4.79 Å². The molecule has 1 atom stereocenters. The van der Waals surface area contributed by atoms with Crippen LogP contribution in [0.4, 0.5) is 0 Å². The predicted molar refractivity (Wildman–Crippen MR) is 62.0 cm³/mol. The third-order valence-corrected chi connectivity index (χ3v) is 2.49. The second kappa shape index (κ2) is 4.99. The molecule has 1 aromatic rings. The summed E-state index contributed by atoms with van der Waals surface area (Å²) in [6.07, 6.45) is 0.658. The summed E-state index contributed by atoms with van der Waals surface area (Å²) >= 11 is 0. The van der Waals surface area contributed by atoms with Gasteiger partial charge in [0.2, 0.25) is 0 Å². The number of methoxy groups -OCH3 is 1. The maximum Gasteiger partial charge on any atom is 0.183 e. The number of carbonyl (C=O) groups is 1. The van der Waals surface area contributed by atoms with Crippen LogP contribution in [0, 0.1) is 0 Å². The molecule has 0 spiro atoms. The number of rotatable bonds is 4. The molecule has 3 N–H and O–H groups in total. The Balaban J connectivity index is 3.37. The molecule has 88 valence electrons. The molecule has 1 aromatic carbocycles. The Bertz CT molecular complexity index is 399. The summed E-state index contributed by atoms with van der Waals surface area (Å²) in [5.41, 5.74) is 6.60. The number of aryl methyl sites for hydroxylation is 1. The lowest BCUT2D eigenvalue weighted by Gasteiger charge is -2.13. The Hall–Kier alpha value is -1.55. The lowest BCUT2D eigenvalue weighted by Crippen LogP contribution is -2.27. The Morgan fingerprint density at radius 2 is 2.19 bits per heavy atom. The number of benzene rings is 1. The minimum Gasteiger partial charge on any atom is -0.504 e. The lowest BCUT2D eigenvalue weighted by molar-refractivity contribution is 0.0963. The Morgan fingerprint density at radius 1 is 1.56 bits per heavy atom. The van der Waals surface area contributed by atoms with Crippen LogP contribution in [0.3, 0.4) is 0 Å². The minimum atomic E-state index is -0.636. The molecule has 16 heavy (non-hydrogen) atoms. The van der Waals surface area contributed by atoms with E-state index >= 15 is 0 Å². The number of Topliss-reactive ketones (excluding diaryl/α,β-unsaturated/α-hetero) is 1. The second-order valence-corrected chi connectivity index (χ2v) is 3.66. The van der Waals surface area contributed by atoms with Crippen molar-refractivity contribution in [2.24, 2.45) is 5.73 Å². The maximum atomic E-state index is 11.9. The van der Waals surface area contributed by atoms with Gasteiger partial charge in [0.15, 0.2) is 17.3 Å². The monoisotopic (exact) mass is 223 g/mol. The van der Waals surface area contributed by atoms with Crippen LogP contribution in [0.15, 0.2) is 12.1 Å². The van der Waals surface area contributed by atoms with Gasteiger partial charge >= 0.3 is 0 Å². The SMILES string of the molecule is CCc1ccc(OC)c(O)c1C(=O)C(C)N. The summed E-state index contributed by atoms with van der Waals surface area (Å²) in [7, 11) is 1.45. The van der Waals surface area contributed by atoms with Crippen LogP contribution in [0.25, 0.3) is 0 Å². The van der Waals surface area contributed by atoms with Crippen molar-refractivity contribution >= 4 is 5.78 Å². The molecular formula is C12H17NO3. The molecule has 1 rings (SSSR count). The smallest absolute Gasteiger partial charge is 0.183 e. The molecular weight excluding hydrogens is 206 g/mol. The fraction of sp³-hybridized carbons (Fsp3) is 0.417. The van der Waals surface area contributed by atoms with Crippen molar-refractivity contribution in [3.63, 3.8) is 0 Å². The molecule has 0 bridgehead atoms. The number of ether oxygens (including phenoxy) is 1. The molecule has 0 radical (unpaired) electrons. The zero-order chi connectivity index (χ0) is 12.3. The van der Waals surface area contributed by atoms with E-state index in [-0.39, 0.29) is 17.1 Å². The van der Waals surface area contributed by atoms with Gasteiger partial charge in [-0.15, -0.1) is 0 Å². The van der Waals surface area contributed by atoms with Crippen LogP contribution >= 0.6 is 0 Å². The van der Waals surface area contributed by atoms with Crippen LogP contribution in [0.1, 0.15) is 29.8 Å². The van der Waals surface area contributed by atoms with Gasteiger partial charge in [0.25, 0.3) is 0 Å². The standard InChI is InChI=1S/C12H17NO3/c1-4-8-5-6-9(16-3)12(15)10(8)11(14)7(2)13/h5-7,15H,4,13H2,1-3H3. The summed E-state index contributed by atoms with van der Waals surface area (Å²) in [6.45, 7) is 3.51. The summed E-state index contributed by atoms with van der Waals surface area (Å²) < 4.78 is 4.97. The first-order valence-corrected chi connectivity index (χ1v) is 5.21. The normalized spacial score (nSPS) is 12.2. The number of phenols is 1. The average Bonchev–Trinajstić information content (AvgIpc) is 2.27. The van der Waals surface area contributed by atoms with Gasteiger partial charge < -0.3 is 15.6 Å². The first-order valence-electron chi connectivity index (χ1n) is 5.21. The zero-order valence-corrected chi connectivity index (χ0v) is 9.78. The highest BCUT2D eigenvalue weighted by Gasteiger charge is 2.21. The van der Waals surface area contributed by atoms with Gasteiger partial charge in [-0.2, -0.15) is 0 Å². The largest absolute Gasteiger partial charge is 0.504 e. The predicted octanol–water partition coefficient (Wildman–Crippen LogP) is 1.49. The highest BCUT2D eigenvalue weighted by atomic mass is 16.5. The Labute approximate surface area is 95.0 Å². The van der Waals surface area contributed by atoms with Crippen molar-refractivity contribution in [2.75, 3.05) is 7.11 Å². The fourth-order valence-electron chi connectivity index (χ4n) is 1.58. The maximum absolute atomic E-state index is 11.9. The van der Waals surface area contributed by atoms with Crippen molar-refractivity contribution < 1.29 is 14.6 Å². The molecule has 1 unspecified atom stereocenters. The summed E-state index contributed by atoms with van der Waals surface area (Å²) in [5.74, 6) is -0.0985. The molecule has 4 heteroatoms. The van der Waals surface area contributed by atoms with Gasteiger partial charge in [0.05, 0.1) is 18.7 Å². The van der Waals surface area contributed by atoms with Crippen molar-refractivity contribution in [1.29, 1.82) is 0 Å². The van der Waals surface area contributed by atoms with Crippen LogP contribution in [-0.2, 0) is 6.42 Å². The number of hydrogen-bond donors (Lipinski definition) is 2. The molecule has 0 saturated heterocycles. The van der Waals surface area contributed by atoms with Crippen LogP contribution in [0.5, 0.6) is 11.5 Å². The molecule has 0 aliphatic rings. The van der Waals surface area contributed by atoms with Gasteiger partial charge in [0.1, 0.15) is 0 Å². The number of nitrogens with two attached hydrogens (primary N) is 1. The number of ketones is 1. The minimum absolute atomic E-state index is 0.121. The molecule has 0 saturated carbocycles. The van der Waals surface area contributed by atoms with E-state index < -0.39 is 6.04 Å². The highest BCUT2D eigenvalue weighted by Crippen LogP contribution is 2.33. The molecule has 0 fully saturated rings. The van der Waals surface area contributed by atoms with Crippen molar-refractivity contribution in [3.8, 4) is 11.5 Å². The van der Waals surface area contributed by atoms with Gasteiger partial charge in [-0.25, -0.2) is 0 Å². The van der Waals surface area contributed by atoms with Crippen molar-refractivity contribution in [1.82, 2.24) is 0 Å². The van der Waals surface area contributed by atoms with Crippen LogP contribution < -0.4 is 10.5 Å². The van der Waals surface area contributed by atoms with Crippen LogP contribution in [-0.4, -0.2) is 24.0 Å². The number of aromatic hydroxyl groups is 1. The molecule has 0 aromatic heterocycles. The van der Waals surface area contributed by atoms with Crippen molar-refractivity contribution in [3.05, 3.63) is 23.3 Å². The van der Waals surface area contributed by atoms with E-state index in [9.17, 15) is 9.90 Å². The lowest BCUT2D eigenvalue weighted by atomic mass is 9.96. The number of phenolic OH excluding ortho intramolecular Hbond substituents is 1. The highest BCUT2D eigenvalue weighted by molar-refractivity contribution is 6.03. The van der Waals surface area contributed by atoms with E-state index in [0.717, 1.165) is 5.56 Å². The zero-order valence-electron chi connectivity index (χ0n) is 9.78. The molecule has 0 heterocycles. The van der Waals surface area contributed by atoms with E-state index in [2.05, 4.69) is 0 Å². The number of carbonyl (C=O) groups excluding carboxylic acids is 1. The van der Waals surface area contributed by atoms with E-state index in [0.29, 0.717) is 12.2 Å². The van der Waals surface area contributed by atoms with E-state index in [4.69, 9.17) is 10.5 Å². The average molecular weight is 223 g/mol. The van der Waals surface area contributed by atoms with Crippen LogP contribution in [0.2, 0.25) is 0 Å². The van der Waals surface area contributed by atoms with Gasteiger partial charge in [-0.05, 0) is 25.0 Å². The molecule has 0 aliphatic carbocycles. The third-order valence-electron chi connectivity index (χ3n) is 2.49. The fourth-order valence-corrected chi connectivity index (χ4v) is 1.58. The first kappa shape index (κ1) is 12.5. The number of hydrogen-bond acceptors (Lipinski definition) is 4. The van der Waals surface area contributed by atoms with Gasteiger partial charge in [-0.1, -0.05) is 13.0 Å². The summed E-state index contributed by atoms with van der Waals surface area (Å²) in [4.78, 5) is 11.9. The quantitative estimate of drug-likeness (QED) is 0.758. The first-order chi connectivity index (χ1) is 7.52. The van der Waals surface area contributed by atoms with Crippen molar-refractivity contribution in [2.45, 2.75) is 26.3 Å². The Morgan fingerprint density at radius 3 is 2.62 bits per heavy atom. The molecule has 4 nitrogen and oxygen atoms in total. The summed E-state index contributed by atoms with van der Waals surface area (Å²) in [6, 6.07) is 2.78. The van der Waals surface area contributed by atoms with E-state index in [1.807, 2.05) is 6.92 Å². The second-order valence-electron chi connectivity index (χ2n) is 3.66. The third kappa shape index (κ3) is 2.17.